The highest BCUT2D eigenvalue weighted by molar-refractivity contribution is 7.80. The lowest BCUT2D eigenvalue weighted by Crippen LogP contribution is -2.50. The fourth-order valence-electron chi connectivity index (χ4n) is 0.589. The first kappa shape index (κ1) is 15.4. The van der Waals surface area contributed by atoms with Crippen molar-refractivity contribution in [2.24, 2.45) is 0 Å². The zero-order chi connectivity index (χ0) is 13.4. The Kier molecular flexibility index (Phi) is 4.19. The third kappa shape index (κ3) is 4.96. The molecule has 5 nitrogen and oxygen atoms in total. The first-order chi connectivity index (χ1) is 6.75. The molecular weight excluding hydrogens is 274 g/mol. The van der Waals surface area contributed by atoms with Gasteiger partial charge in [-0.1, -0.05) is 0 Å². The Bertz CT molecular complexity index is 330. The Labute approximate surface area is 84.6 Å². The van der Waals surface area contributed by atoms with Crippen LogP contribution in [0.4, 0.5) is 26.3 Å². The Balaban J connectivity index is 5.13. The number of alkyl halides is 6. The Morgan fingerprint density at radius 1 is 1.00 bits per heavy atom. The minimum atomic E-state index is -5.83. The molecule has 16 heavy (non-hydrogen) atoms. The van der Waals surface area contributed by atoms with Gasteiger partial charge in [-0.3, -0.25) is 4.55 Å². The number of aliphatic hydroxyl groups excluding tert-OH is 1. The lowest BCUT2D eigenvalue weighted by molar-refractivity contribution is -0.286. The number of halogens is 6. The maximum atomic E-state index is 11.9. The molecule has 0 bridgehead atoms. The van der Waals surface area contributed by atoms with Gasteiger partial charge in [-0.15, -0.1) is 0 Å². The molecule has 2 N–H and O–H groups in total. The molecule has 0 heterocycles. The Morgan fingerprint density at radius 3 is 1.56 bits per heavy atom. The highest BCUT2D eigenvalue weighted by Crippen LogP contribution is 2.33. The third-order valence-corrected chi connectivity index (χ3v) is 1.62. The molecule has 98 valence electrons. The van der Waals surface area contributed by atoms with E-state index in [-0.39, 0.29) is 0 Å². The Hall–Kier alpha value is -0.590. The molecule has 0 aliphatic carbocycles. The van der Waals surface area contributed by atoms with Crippen LogP contribution in [0.15, 0.2) is 0 Å². The second kappa shape index (κ2) is 4.35. The summed E-state index contributed by atoms with van der Waals surface area (Å²) in [5.74, 6) is 0. The van der Waals surface area contributed by atoms with E-state index in [1.165, 1.54) is 0 Å². The summed E-state index contributed by atoms with van der Waals surface area (Å²) < 4.78 is 101. The predicted molar refractivity (Wildman–Crippen MR) is 34.5 cm³/mol. The van der Waals surface area contributed by atoms with E-state index in [1.807, 2.05) is 0 Å². The number of hydrogen-bond acceptors (Lipinski definition) is 4. The van der Waals surface area contributed by atoms with Crippen LogP contribution in [0.25, 0.3) is 0 Å². The normalized spacial score (nSPS) is 18.2. The van der Waals surface area contributed by atoms with Crippen molar-refractivity contribution in [1.82, 2.24) is 0 Å². The summed E-state index contributed by atoms with van der Waals surface area (Å²) in [6.45, 7) is 0. The maximum absolute atomic E-state index is 11.9. The third-order valence-electron chi connectivity index (χ3n) is 1.17. The van der Waals surface area contributed by atoms with Gasteiger partial charge in [0.2, 0.25) is 6.10 Å². The average Bonchev–Trinajstić information content (AvgIpc) is 1.93. The summed E-state index contributed by atoms with van der Waals surface area (Å²) in [4.78, 5) is 0. The van der Waals surface area contributed by atoms with E-state index >= 15 is 0 Å². The number of hydrogen-bond donors (Lipinski definition) is 2. The minimum absolute atomic E-state index is 2.72. The van der Waals surface area contributed by atoms with Crippen molar-refractivity contribution in [2.45, 2.75) is 24.6 Å². The SMILES string of the molecule is O=S(=O)(O)OC(C(O)C(F)(F)F)C(F)(F)F. The van der Waals surface area contributed by atoms with Gasteiger partial charge in [-0.25, -0.2) is 4.18 Å². The summed E-state index contributed by atoms with van der Waals surface area (Å²) in [6, 6.07) is 0. The number of rotatable bonds is 3. The molecule has 0 aliphatic rings. The van der Waals surface area contributed by atoms with Gasteiger partial charge in [0, 0.05) is 0 Å². The van der Waals surface area contributed by atoms with E-state index in [0.717, 1.165) is 0 Å². The van der Waals surface area contributed by atoms with Crippen LogP contribution in [0, 0.1) is 0 Å². The maximum Gasteiger partial charge on any atom is 0.419 e. The standard InChI is InChI=1S/C4H4F6O5S/c5-3(6,7)1(11)2(4(8,9)10)15-16(12,13)14/h1-2,11H,(H,12,13,14). The van der Waals surface area contributed by atoms with E-state index < -0.39 is 35.0 Å². The van der Waals surface area contributed by atoms with Crippen LogP contribution < -0.4 is 0 Å². The van der Waals surface area contributed by atoms with Crippen LogP contribution in [0.1, 0.15) is 0 Å². The van der Waals surface area contributed by atoms with Crippen molar-refractivity contribution in [3.63, 3.8) is 0 Å². The molecule has 0 spiro atoms. The highest BCUT2D eigenvalue weighted by atomic mass is 32.3. The smallest absolute Gasteiger partial charge is 0.381 e. The molecule has 12 heteroatoms. The molecule has 0 amide bonds. The van der Waals surface area contributed by atoms with Gasteiger partial charge in [-0.2, -0.15) is 34.8 Å². The summed E-state index contributed by atoms with van der Waals surface area (Å²) >= 11 is 0. The quantitative estimate of drug-likeness (QED) is 0.585. The lowest BCUT2D eigenvalue weighted by atomic mass is 10.2. The summed E-state index contributed by atoms with van der Waals surface area (Å²) in [5.41, 5.74) is 0. The van der Waals surface area contributed by atoms with Gasteiger partial charge in [0.1, 0.15) is 0 Å². The highest BCUT2D eigenvalue weighted by Gasteiger charge is 2.57. The molecule has 0 saturated heterocycles. The zero-order valence-corrected chi connectivity index (χ0v) is 7.77. The van der Waals surface area contributed by atoms with Gasteiger partial charge >= 0.3 is 22.8 Å². The van der Waals surface area contributed by atoms with Gasteiger partial charge < -0.3 is 5.11 Å². The molecular formula is C4H4F6O5S. The summed E-state index contributed by atoms with van der Waals surface area (Å²) in [5, 5.41) is 8.20. The van der Waals surface area contributed by atoms with E-state index in [0.29, 0.717) is 0 Å². The molecule has 0 rings (SSSR count). The zero-order valence-electron chi connectivity index (χ0n) is 6.95. The van der Waals surface area contributed by atoms with Crippen LogP contribution in [-0.2, 0) is 14.6 Å². The van der Waals surface area contributed by atoms with Gasteiger partial charge in [0.25, 0.3) is 0 Å². The molecule has 2 unspecified atom stereocenters. The van der Waals surface area contributed by atoms with Crippen LogP contribution >= 0.6 is 0 Å². The minimum Gasteiger partial charge on any atom is -0.381 e. The second-order valence-corrected chi connectivity index (χ2v) is 3.52. The van der Waals surface area contributed by atoms with Crippen LogP contribution in [0.3, 0.4) is 0 Å². The van der Waals surface area contributed by atoms with Gasteiger partial charge in [-0.05, 0) is 0 Å². The van der Waals surface area contributed by atoms with E-state index in [9.17, 15) is 34.8 Å². The molecule has 0 aromatic rings. The average molecular weight is 278 g/mol. The first-order valence-electron chi connectivity index (χ1n) is 3.22. The monoisotopic (exact) mass is 278 g/mol. The topological polar surface area (TPSA) is 83.8 Å². The van der Waals surface area contributed by atoms with Crippen molar-refractivity contribution >= 4 is 10.4 Å². The molecule has 0 aromatic heterocycles. The molecule has 0 aliphatic heterocycles. The summed E-state index contributed by atoms with van der Waals surface area (Å²) in [7, 11) is -5.79. The molecule has 0 saturated carbocycles. The van der Waals surface area contributed by atoms with Crippen molar-refractivity contribution < 1.29 is 48.6 Å². The molecule has 0 aromatic carbocycles. The van der Waals surface area contributed by atoms with Crippen molar-refractivity contribution in [2.75, 3.05) is 0 Å². The van der Waals surface area contributed by atoms with Crippen LogP contribution in [0.5, 0.6) is 0 Å². The second-order valence-electron chi connectivity index (χ2n) is 2.47. The van der Waals surface area contributed by atoms with E-state index in [1.54, 1.807) is 0 Å². The largest absolute Gasteiger partial charge is 0.419 e. The predicted octanol–water partition coefficient (Wildman–Crippen LogP) is 0.660. The van der Waals surface area contributed by atoms with Crippen LogP contribution in [0.2, 0.25) is 0 Å². The van der Waals surface area contributed by atoms with Gasteiger partial charge in [0.15, 0.2) is 6.10 Å². The molecule has 2 atom stereocenters. The fraction of sp³-hybridized carbons (Fsp3) is 1.00. The van der Waals surface area contributed by atoms with Crippen molar-refractivity contribution in [3.8, 4) is 0 Å². The fourth-order valence-corrected chi connectivity index (χ4v) is 1.07. The first-order valence-corrected chi connectivity index (χ1v) is 4.59. The molecule has 0 fully saturated rings. The van der Waals surface area contributed by atoms with E-state index in [4.69, 9.17) is 9.66 Å². The number of aliphatic hydroxyl groups is 1. The molecule has 0 radical (unpaired) electrons. The van der Waals surface area contributed by atoms with Gasteiger partial charge in [0.05, 0.1) is 0 Å². The van der Waals surface area contributed by atoms with Crippen molar-refractivity contribution in [1.29, 1.82) is 0 Å². The lowest BCUT2D eigenvalue weighted by Gasteiger charge is -2.25. The van der Waals surface area contributed by atoms with Crippen molar-refractivity contribution in [3.05, 3.63) is 0 Å². The Morgan fingerprint density at radius 2 is 1.38 bits per heavy atom. The summed E-state index contributed by atoms with van der Waals surface area (Å²) in [6.07, 6.45) is -19.8. The van der Waals surface area contributed by atoms with Crippen LogP contribution in [-0.4, -0.2) is 42.6 Å². The van der Waals surface area contributed by atoms with E-state index in [2.05, 4.69) is 4.18 Å².